The first kappa shape index (κ1) is 22.4. The number of halogens is 3. The second-order valence-corrected chi connectivity index (χ2v) is 7.89. The summed E-state index contributed by atoms with van der Waals surface area (Å²) in [7, 11) is 0. The molecule has 3 nitrogen and oxygen atoms in total. The number of benzene rings is 2. The molecule has 0 aromatic heterocycles. The van der Waals surface area contributed by atoms with Gasteiger partial charge in [0, 0.05) is 32.1 Å². The summed E-state index contributed by atoms with van der Waals surface area (Å²) in [6, 6.07) is 14.6. The van der Waals surface area contributed by atoms with Crippen LogP contribution in [0.15, 0.2) is 42.5 Å². The van der Waals surface area contributed by atoms with E-state index < -0.39 is 11.8 Å². The Labute approximate surface area is 185 Å². The van der Waals surface area contributed by atoms with E-state index in [1.807, 2.05) is 24.0 Å². The van der Waals surface area contributed by atoms with Crippen LogP contribution < -0.4 is 10.5 Å². The van der Waals surface area contributed by atoms with Crippen molar-refractivity contribution in [2.45, 2.75) is 44.8 Å². The highest BCUT2D eigenvalue weighted by Gasteiger charge is 2.57. The molecule has 1 saturated carbocycles. The Morgan fingerprint density at radius 2 is 1.86 bits per heavy atom. The van der Waals surface area contributed by atoms with Crippen LogP contribution in [0.25, 0.3) is 0 Å². The summed E-state index contributed by atoms with van der Waals surface area (Å²) in [4.78, 5) is 4.40. The molecule has 158 valence electrons. The maximum atomic E-state index is 13.0. The van der Waals surface area contributed by atoms with Crippen LogP contribution >= 0.6 is 22.6 Å². The van der Waals surface area contributed by atoms with Gasteiger partial charge in [-0.1, -0.05) is 52.9 Å². The van der Waals surface area contributed by atoms with Crippen molar-refractivity contribution in [2.24, 2.45) is 11.7 Å². The summed E-state index contributed by atoms with van der Waals surface area (Å²) in [5, 5.41) is 0. The number of alkyl halides is 3. The molecule has 0 radical (unpaired) electrons. The van der Waals surface area contributed by atoms with Crippen LogP contribution in [0.1, 0.15) is 41.6 Å². The topological polar surface area (TPSA) is 38.5 Å². The van der Waals surface area contributed by atoms with Crippen molar-refractivity contribution < 1.29 is 13.5 Å². The van der Waals surface area contributed by atoms with Gasteiger partial charge in [-0.2, -0.15) is 0 Å². The fourth-order valence-electron chi connectivity index (χ4n) is 3.64. The standard InChI is InChI=1S/C22H26F2N2O.CH3I/c1-15(25)17-4-2-16(3-5-17)12-26-9-8-18-10-21(7-6-19(18)13-26)27-14-20-11-22(20,23)24;1-2/h2-7,10,15,20H,8-9,11-14,25H2,1H3;1H3/t15-,20?;/m0./s1. The van der Waals surface area contributed by atoms with E-state index in [1.54, 1.807) is 0 Å². The molecule has 2 aliphatic rings. The SMILES string of the molecule is CI.C[C@H](N)c1ccc(CN2CCc3cc(OCC4CC4(F)F)ccc3C2)cc1. The van der Waals surface area contributed by atoms with E-state index in [-0.39, 0.29) is 19.1 Å². The van der Waals surface area contributed by atoms with Crippen molar-refractivity contribution in [3.8, 4) is 5.75 Å². The zero-order valence-corrected chi connectivity index (χ0v) is 19.2. The number of fused-ring (bicyclic) bond motifs is 1. The van der Waals surface area contributed by atoms with Gasteiger partial charge in [-0.25, -0.2) is 8.78 Å². The van der Waals surface area contributed by atoms with Crippen LogP contribution in [0.2, 0.25) is 0 Å². The summed E-state index contributed by atoms with van der Waals surface area (Å²) in [6.07, 6.45) is 0.905. The Morgan fingerprint density at radius 3 is 2.48 bits per heavy atom. The predicted molar refractivity (Wildman–Crippen MR) is 122 cm³/mol. The average Bonchev–Trinajstić information content (AvgIpc) is 3.34. The van der Waals surface area contributed by atoms with Gasteiger partial charge in [-0.15, -0.1) is 0 Å². The minimum atomic E-state index is -2.52. The van der Waals surface area contributed by atoms with Gasteiger partial charge in [0.1, 0.15) is 5.75 Å². The van der Waals surface area contributed by atoms with E-state index in [9.17, 15) is 8.78 Å². The molecule has 29 heavy (non-hydrogen) atoms. The molecule has 2 aromatic carbocycles. The molecule has 2 atom stereocenters. The van der Waals surface area contributed by atoms with Gasteiger partial charge in [-0.3, -0.25) is 4.90 Å². The van der Waals surface area contributed by atoms with E-state index in [2.05, 4.69) is 57.8 Å². The number of rotatable bonds is 6. The Kier molecular flexibility index (Phi) is 7.51. The van der Waals surface area contributed by atoms with Crippen molar-refractivity contribution in [3.05, 3.63) is 64.7 Å². The summed E-state index contributed by atoms with van der Waals surface area (Å²) in [5.74, 6) is -2.43. The maximum Gasteiger partial charge on any atom is 0.255 e. The third-order valence-corrected chi connectivity index (χ3v) is 5.59. The lowest BCUT2D eigenvalue weighted by Gasteiger charge is -2.29. The van der Waals surface area contributed by atoms with Crippen LogP contribution in [0, 0.1) is 5.92 Å². The maximum absolute atomic E-state index is 13.0. The Balaban J connectivity index is 0.00000117. The third kappa shape index (κ3) is 5.89. The monoisotopic (exact) mass is 514 g/mol. The highest BCUT2D eigenvalue weighted by molar-refractivity contribution is 14.1. The number of hydrogen-bond donors (Lipinski definition) is 1. The van der Waals surface area contributed by atoms with Crippen LogP contribution in [0.5, 0.6) is 5.75 Å². The highest BCUT2D eigenvalue weighted by atomic mass is 127. The molecule has 0 amide bonds. The van der Waals surface area contributed by atoms with Crippen molar-refractivity contribution in [2.75, 3.05) is 18.1 Å². The van der Waals surface area contributed by atoms with Gasteiger partial charge in [-0.05, 0) is 52.7 Å². The van der Waals surface area contributed by atoms with Crippen molar-refractivity contribution in [1.29, 1.82) is 0 Å². The molecule has 1 fully saturated rings. The van der Waals surface area contributed by atoms with E-state index in [1.165, 1.54) is 16.7 Å². The highest BCUT2D eigenvalue weighted by Crippen LogP contribution is 2.48. The van der Waals surface area contributed by atoms with Gasteiger partial charge in [0.2, 0.25) is 0 Å². The number of nitrogens with two attached hydrogens (primary N) is 1. The predicted octanol–water partition coefficient (Wildman–Crippen LogP) is 5.35. The normalized spacial score (nSPS) is 20.8. The number of hydrogen-bond acceptors (Lipinski definition) is 3. The van der Waals surface area contributed by atoms with E-state index in [0.717, 1.165) is 31.6 Å². The molecular weight excluding hydrogens is 485 g/mol. The third-order valence-electron chi connectivity index (χ3n) is 5.59. The second kappa shape index (κ2) is 9.71. The molecule has 0 bridgehead atoms. The zero-order chi connectivity index (χ0) is 21.0. The van der Waals surface area contributed by atoms with Crippen LogP contribution in [0.4, 0.5) is 8.78 Å². The molecule has 6 heteroatoms. The minimum Gasteiger partial charge on any atom is -0.493 e. The number of ether oxygens (including phenoxy) is 1. The molecule has 1 aliphatic heterocycles. The van der Waals surface area contributed by atoms with Crippen molar-refractivity contribution in [3.63, 3.8) is 0 Å². The molecule has 4 rings (SSSR count). The molecule has 0 spiro atoms. The van der Waals surface area contributed by atoms with E-state index in [4.69, 9.17) is 10.5 Å². The lowest BCUT2D eigenvalue weighted by atomic mass is 9.98. The minimum absolute atomic E-state index is 0.0436. The van der Waals surface area contributed by atoms with Gasteiger partial charge in [0.25, 0.3) is 5.92 Å². The molecule has 1 unspecified atom stereocenters. The molecule has 2 N–H and O–H groups in total. The van der Waals surface area contributed by atoms with Crippen LogP contribution in [-0.2, 0) is 19.5 Å². The summed E-state index contributed by atoms with van der Waals surface area (Å²) in [6.45, 7) is 4.88. The molecule has 1 aliphatic carbocycles. The van der Waals surface area contributed by atoms with E-state index in [0.29, 0.717) is 5.75 Å². The first-order chi connectivity index (χ1) is 13.9. The molecule has 1 heterocycles. The van der Waals surface area contributed by atoms with Crippen molar-refractivity contribution >= 4 is 22.6 Å². The summed E-state index contributed by atoms with van der Waals surface area (Å²) >= 11 is 2.15. The Hall–Kier alpha value is -1.25. The van der Waals surface area contributed by atoms with E-state index >= 15 is 0 Å². The van der Waals surface area contributed by atoms with Gasteiger partial charge >= 0.3 is 0 Å². The first-order valence-corrected chi connectivity index (χ1v) is 12.1. The quantitative estimate of drug-likeness (QED) is 0.418. The number of nitrogens with zero attached hydrogens (tertiary/aromatic N) is 1. The molecular formula is C23H29F2IN2O. The fraction of sp³-hybridized carbons (Fsp3) is 0.478. The second-order valence-electron chi connectivity index (χ2n) is 7.89. The Bertz CT molecular complexity index is 811. The molecule has 2 aromatic rings. The Morgan fingerprint density at radius 1 is 1.17 bits per heavy atom. The van der Waals surface area contributed by atoms with Crippen LogP contribution in [0.3, 0.4) is 0 Å². The fourth-order valence-corrected chi connectivity index (χ4v) is 3.64. The lowest BCUT2D eigenvalue weighted by Crippen LogP contribution is -2.30. The average molecular weight is 514 g/mol. The van der Waals surface area contributed by atoms with Gasteiger partial charge in [0.15, 0.2) is 0 Å². The van der Waals surface area contributed by atoms with Gasteiger partial charge in [0.05, 0.1) is 12.5 Å². The molecule has 0 saturated heterocycles. The zero-order valence-electron chi connectivity index (χ0n) is 17.0. The lowest BCUT2D eigenvalue weighted by molar-refractivity contribution is 0.0856. The smallest absolute Gasteiger partial charge is 0.255 e. The largest absolute Gasteiger partial charge is 0.493 e. The summed E-state index contributed by atoms with van der Waals surface area (Å²) in [5.41, 5.74) is 10.9. The summed E-state index contributed by atoms with van der Waals surface area (Å²) < 4.78 is 31.5. The van der Waals surface area contributed by atoms with Gasteiger partial charge < -0.3 is 10.5 Å². The van der Waals surface area contributed by atoms with Crippen LogP contribution in [-0.4, -0.2) is 28.9 Å². The first-order valence-electron chi connectivity index (χ1n) is 9.98. The van der Waals surface area contributed by atoms with Crippen molar-refractivity contribution in [1.82, 2.24) is 4.90 Å².